The summed E-state index contributed by atoms with van der Waals surface area (Å²) in [5.74, 6) is -1.47. The van der Waals surface area contributed by atoms with Crippen molar-refractivity contribution in [3.8, 4) is 0 Å². The molecule has 2 unspecified atom stereocenters. The maximum absolute atomic E-state index is 12.4. The van der Waals surface area contributed by atoms with Crippen molar-refractivity contribution < 1.29 is 19.4 Å². The molecule has 2 atom stereocenters. The molecule has 1 aliphatic heterocycles. The number of nitrogens with two attached hydrogens (primary N) is 1. The molecule has 0 saturated carbocycles. The van der Waals surface area contributed by atoms with Gasteiger partial charge < -0.3 is 20.5 Å². The van der Waals surface area contributed by atoms with Crippen molar-refractivity contribution in [2.75, 3.05) is 24.3 Å². The first-order valence-electron chi connectivity index (χ1n) is 6.42. The van der Waals surface area contributed by atoms with Crippen LogP contribution < -0.4 is 10.6 Å². The highest BCUT2D eigenvalue weighted by Crippen LogP contribution is 2.27. The van der Waals surface area contributed by atoms with Crippen LogP contribution in [0.15, 0.2) is 18.2 Å². The van der Waals surface area contributed by atoms with Crippen LogP contribution in [-0.4, -0.2) is 36.7 Å². The van der Waals surface area contributed by atoms with Crippen LogP contribution in [0.25, 0.3) is 0 Å². The van der Waals surface area contributed by atoms with Gasteiger partial charge in [-0.3, -0.25) is 4.79 Å². The van der Waals surface area contributed by atoms with Gasteiger partial charge in [-0.05, 0) is 31.5 Å². The number of nitrogens with zero attached hydrogens (tertiary/aromatic N) is 1. The van der Waals surface area contributed by atoms with Gasteiger partial charge in [0.05, 0.1) is 29.9 Å². The number of carboxylic acid groups (broad SMARTS) is 1. The number of hydrogen-bond donors (Lipinski definition) is 2. The molecule has 0 spiro atoms. The van der Waals surface area contributed by atoms with E-state index in [1.165, 1.54) is 11.0 Å². The summed E-state index contributed by atoms with van der Waals surface area (Å²) in [5, 5.41) is 9.21. The van der Waals surface area contributed by atoms with Crippen LogP contribution in [0.4, 0.5) is 11.4 Å². The third-order valence-electron chi connectivity index (χ3n) is 3.49. The van der Waals surface area contributed by atoms with Crippen molar-refractivity contribution in [1.82, 2.24) is 0 Å². The van der Waals surface area contributed by atoms with E-state index in [-0.39, 0.29) is 23.5 Å². The number of rotatable bonds is 3. The van der Waals surface area contributed by atoms with Crippen LogP contribution >= 0.6 is 0 Å². The lowest BCUT2D eigenvalue weighted by Crippen LogP contribution is -2.34. The molecule has 0 aliphatic carbocycles. The molecule has 1 fully saturated rings. The maximum atomic E-state index is 12.4. The van der Waals surface area contributed by atoms with Gasteiger partial charge in [-0.2, -0.15) is 0 Å². The number of nitrogen functional groups attached to an aromatic ring is 1. The van der Waals surface area contributed by atoms with Crippen LogP contribution in [0.1, 0.15) is 23.7 Å². The third-order valence-corrected chi connectivity index (χ3v) is 3.49. The van der Waals surface area contributed by atoms with Crippen molar-refractivity contribution in [2.45, 2.75) is 19.4 Å². The Morgan fingerprint density at radius 1 is 1.45 bits per heavy atom. The molecule has 1 aromatic rings. The Kier molecular flexibility index (Phi) is 3.94. The molecular weight excluding hydrogens is 260 g/mol. The Labute approximate surface area is 117 Å². The highest BCUT2D eigenvalue weighted by atomic mass is 16.5. The lowest BCUT2D eigenvalue weighted by atomic mass is 10.0. The van der Waals surface area contributed by atoms with Crippen LogP contribution in [0.5, 0.6) is 0 Å². The van der Waals surface area contributed by atoms with E-state index in [4.69, 9.17) is 10.5 Å². The number of carbonyl (C=O) groups is 2. The van der Waals surface area contributed by atoms with Gasteiger partial charge in [0.2, 0.25) is 5.91 Å². The lowest BCUT2D eigenvalue weighted by Gasteiger charge is -2.22. The molecule has 3 N–H and O–H groups in total. The van der Waals surface area contributed by atoms with E-state index < -0.39 is 5.97 Å². The first kappa shape index (κ1) is 14.3. The summed E-state index contributed by atoms with van der Waals surface area (Å²) in [6.07, 6.45) is 0.711. The smallest absolute Gasteiger partial charge is 0.337 e. The summed E-state index contributed by atoms with van der Waals surface area (Å²) in [5.41, 5.74) is 6.31. The minimum Gasteiger partial charge on any atom is -0.478 e. The monoisotopic (exact) mass is 278 g/mol. The van der Waals surface area contributed by atoms with Crippen LogP contribution in [0, 0.1) is 5.92 Å². The van der Waals surface area contributed by atoms with E-state index >= 15 is 0 Å². The number of ether oxygens (including phenoxy) is 1. The second-order valence-electron chi connectivity index (χ2n) is 5.06. The number of carbonyl (C=O) groups excluding carboxylic acids is 1. The van der Waals surface area contributed by atoms with Gasteiger partial charge >= 0.3 is 5.97 Å². The quantitative estimate of drug-likeness (QED) is 0.814. The number of carboxylic acids is 1. The summed E-state index contributed by atoms with van der Waals surface area (Å²) in [6.45, 7) is 2.29. The average molecular weight is 278 g/mol. The molecule has 108 valence electrons. The molecule has 1 saturated heterocycles. The highest BCUT2D eigenvalue weighted by Gasteiger charge is 2.31. The Balaban J connectivity index is 2.26. The zero-order valence-electron chi connectivity index (χ0n) is 11.5. The Bertz CT molecular complexity index is 544. The second-order valence-corrected chi connectivity index (χ2v) is 5.06. The SMILES string of the molecule is CC1CC(C(=O)N(C)c2ccc(N)cc2C(=O)O)CO1. The van der Waals surface area contributed by atoms with E-state index in [0.717, 1.165) is 0 Å². The van der Waals surface area contributed by atoms with E-state index in [1.54, 1.807) is 19.2 Å². The summed E-state index contributed by atoms with van der Waals surface area (Å²) in [7, 11) is 1.57. The molecule has 1 aromatic carbocycles. The minimum atomic E-state index is -1.11. The summed E-state index contributed by atoms with van der Waals surface area (Å²) in [4.78, 5) is 25.0. The van der Waals surface area contributed by atoms with Crippen molar-refractivity contribution in [3.63, 3.8) is 0 Å². The zero-order valence-corrected chi connectivity index (χ0v) is 11.5. The van der Waals surface area contributed by atoms with Crippen molar-refractivity contribution in [1.29, 1.82) is 0 Å². The van der Waals surface area contributed by atoms with Crippen LogP contribution in [-0.2, 0) is 9.53 Å². The van der Waals surface area contributed by atoms with Crippen LogP contribution in [0.3, 0.4) is 0 Å². The Morgan fingerprint density at radius 2 is 2.15 bits per heavy atom. The molecule has 20 heavy (non-hydrogen) atoms. The molecule has 1 heterocycles. The van der Waals surface area contributed by atoms with E-state index in [2.05, 4.69) is 0 Å². The standard InChI is InChI=1S/C14H18N2O4/c1-8-5-9(7-20-8)13(17)16(2)12-4-3-10(15)6-11(12)14(18)19/h3-4,6,8-9H,5,7,15H2,1-2H3,(H,18,19). The van der Waals surface area contributed by atoms with Crippen LogP contribution in [0.2, 0.25) is 0 Å². The van der Waals surface area contributed by atoms with Crippen molar-refractivity contribution >= 4 is 23.3 Å². The Hall–Kier alpha value is -2.08. The third kappa shape index (κ3) is 2.75. The first-order chi connectivity index (χ1) is 9.40. The van der Waals surface area contributed by atoms with Gasteiger partial charge in [0, 0.05) is 12.7 Å². The number of amides is 1. The fraction of sp³-hybridized carbons (Fsp3) is 0.429. The molecule has 0 bridgehead atoms. The van der Waals surface area contributed by atoms with E-state index in [0.29, 0.717) is 24.4 Å². The molecular formula is C14H18N2O4. The topological polar surface area (TPSA) is 92.9 Å². The highest BCUT2D eigenvalue weighted by molar-refractivity contribution is 6.03. The van der Waals surface area contributed by atoms with Gasteiger partial charge in [-0.15, -0.1) is 0 Å². The van der Waals surface area contributed by atoms with Gasteiger partial charge in [0.15, 0.2) is 0 Å². The second kappa shape index (κ2) is 5.50. The Morgan fingerprint density at radius 3 is 2.70 bits per heavy atom. The molecule has 0 aromatic heterocycles. The van der Waals surface area contributed by atoms with Gasteiger partial charge in [0.1, 0.15) is 0 Å². The van der Waals surface area contributed by atoms with Gasteiger partial charge in [-0.1, -0.05) is 0 Å². The van der Waals surface area contributed by atoms with E-state index in [9.17, 15) is 14.7 Å². The minimum absolute atomic E-state index is 0.0211. The molecule has 6 heteroatoms. The van der Waals surface area contributed by atoms with Crippen molar-refractivity contribution in [2.24, 2.45) is 5.92 Å². The van der Waals surface area contributed by atoms with Gasteiger partial charge in [0.25, 0.3) is 0 Å². The summed E-state index contributed by atoms with van der Waals surface area (Å²) in [6, 6.07) is 4.49. The van der Waals surface area contributed by atoms with Gasteiger partial charge in [-0.25, -0.2) is 4.79 Å². The first-order valence-corrected chi connectivity index (χ1v) is 6.42. The maximum Gasteiger partial charge on any atom is 0.337 e. The number of anilines is 2. The number of hydrogen-bond acceptors (Lipinski definition) is 4. The predicted molar refractivity (Wildman–Crippen MR) is 74.7 cm³/mol. The number of benzene rings is 1. The largest absolute Gasteiger partial charge is 0.478 e. The fourth-order valence-corrected chi connectivity index (χ4v) is 2.40. The predicted octanol–water partition coefficient (Wildman–Crippen LogP) is 1.35. The molecule has 1 amide bonds. The molecule has 6 nitrogen and oxygen atoms in total. The molecule has 2 rings (SSSR count). The lowest BCUT2D eigenvalue weighted by molar-refractivity contribution is -0.122. The summed E-state index contributed by atoms with van der Waals surface area (Å²) < 4.78 is 5.39. The number of aromatic carboxylic acids is 1. The molecule has 1 aliphatic rings. The summed E-state index contributed by atoms with van der Waals surface area (Å²) >= 11 is 0. The fourth-order valence-electron chi connectivity index (χ4n) is 2.40. The molecule has 0 radical (unpaired) electrons. The van der Waals surface area contributed by atoms with E-state index in [1.807, 2.05) is 6.92 Å². The average Bonchev–Trinajstić information content (AvgIpc) is 2.83. The van der Waals surface area contributed by atoms with Crippen molar-refractivity contribution in [3.05, 3.63) is 23.8 Å². The normalized spacial score (nSPS) is 21.7. The zero-order chi connectivity index (χ0) is 14.9.